The predicted molar refractivity (Wildman–Crippen MR) is 102 cm³/mol. The number of aromatic nitrogens is 2. The maximum atomic E-state index is 12.9. The largest absolute Gasteiger partial charge is 0.459 e. The Morgan fingerprint density at radius 3 is 2.43 bits per heavy atom. The molecule has 1 amide bonds. The molecule has 150 valence electrons. The van der Waals surface area contributed by atoms with Crippen LogP contribution < -0.4 is 10.1 Å². The maximum absolute atomic E-state index is 12.9. The van der Waals surface area contributed by atoms with Crippen molar-refractivity contribution in [1.29, 1.82) is 0 Å². The average Bonchev–Trinajstić information content (AvgIpc) is 3.10. The van der Waals surface area contributed by atoms with E-state index in [-0.39, 0.29) is 23.6 Å². The van der Waals surface area contributed by atoms with E-state index in [0.29, 0.717) is 18.7 Å². The lowest BCUT2D eigenvalue weighted by atomic mass is 10.3. The van der Waals surface area contributed by atoms with Crippen LogP contribution in [0.2, 0.25) is 0 Å². The first kappa shape index (κ1) is 20.0. The standard InChI is InChI=1S/C18H22N4O5S/c1-12-10-13(2)20-17(19-12)27-15-8-9-22(11-15)28(24,25)16-6-4-14(5-7-16)21-18(23)26-3/h4-7,10,15H,8-9,11H2,1-3H3,(H,21,23)/t15-/m0/s1. The molecule has 1 saturated heterocycles. The van der Waals surface area contributed by atoms with Crippen molar-refractivity contribution in [3.05, 3.63) is 41.7 Å². The number of ether oxygens (including phenoxy) is 2. The molecule has 3 rings (SSSR count). The van der Waals surface area contributed by atoms with Gasteiger partial charge in [0.25, 0.3) is 0 Å². The summed E-state index contributed by atoms with van der Waals surface area (Å²) in [6.07, 6.45) is -0.377. The van der Waals surface area contributed by atoms with E-state index in [4.69, 9.17) is 4.74 Å². The zero-order valence-electron chi connectivity index (χ0n) is 15.9. The average molecular weight is 406 g/mol. The zero-order valence-corrected chi connectivity index (χ0v) is 16.7. The molecule has 1 aromatic heterocycles. The molecule has 9 nitrogen and oxygen atoms in total. The van der Waals surface area contributed by atoms with Gasteiger partial charge >= 0.3 is 12.1 Å². The second-order valence-corrected chi connectivity index (χ2v) is 8.40. The highest BCUT2D eigenvalue weighted by molar-refractivity contribution is 7.89. The summed E-state index contributed by atoms with van der Waals surface area (Å²) >= 11 is 0. The lowest BCUT2D eigenvalue weighted by Crippen LogP contribution is -2.31. The number of nitrogens with zero attached hydrogens (tertiary/aromatic N) is 3. The molecule has 28 heavy (non-hydrogen) atoms. The van der Waals surface area contributed by atoms with E-state index >= 15 is 0 Å². The van der Waals surface area contributed by atoms with Crippen LogP contribution in [-0.2, 0) is 14.8 Å². The minimum Gasteiger partial charge on any atom is -0.459 e. The number of amides is 1. The summed E-state index contributed by atoms with van der Waals surface area (Å²) in [4.78, 5) is 19.8. The molecule has 2 aromatic rings. The normalized spacial score (nSPS) is 17.3. The Kier molecular flexibility index (Phi) is 5.80. The van der Waals surface area contributed by atoms with Gasteiger partial charge < -0.3 is 9.47 Å². The Hall–Kier alpha value is -2.72. The molecule has 10 heteroatoms. The fraction of sp³-hybridized carbons (Fsp3) is 0.389. The fourth-order valence-electron chi connectivity index (χ4n) is 2.94. The van der Waals surface area contributed by atoms with Crippen LogP contribution in [0.15, 0.2) is 35.2 Å². The van der Waals surface area contributed by atoms with Gasteiger partial charge in [-0.25, -0.2) is 23.2 Å². The minimum absolute atomic E-state index is 0.145. The first-order valence-corrected chi connectivity index (χ1v) is 10.2. The van der Waals surface area contributed by atoms with Gasteiger partial charge in [0.1, 0.15) is 6.10 Å². The highest BCUT2D eigenvalue weighted by atomic mass is 32.2. The Labute approximate surface area is 163 Å². The zero-order chi connectivity index (χ0) is 20.3. The number of hydrogen-bond donors (Lipinski definition) is 1. The molecule has 0 unspecified atom stereocenters. The first-order valence-electron chi connectivity index (χ1n) is 8.72. The van der Waals surface area contributed by atoms with E-state index in [2.05, 4.69) is 20.0 Å². The molecule has 0 saturated carbocycles. The van der Waals surface area contributed by atoms with Crippen LogP contribution in [0.4, 0.5) is 10.5 Å². The van der Waals surface area contributed by atoms with Gasteiger partial charge in [0, 0.05) is 23.6 Å². The summed E-state index contributed by atoms with van der Waals surface area (Å²) in [6.45, 7) is 4.28. The Morgan fingerprint density at radius 2 is 1.82 bits per heavy atom. The van der Waals surface area contributed by atoms with E-state index in [1.165, 1.54) is 35.7 Å². The number of nitrogens with one attached hydrogen (secondary N) is 1. The van der Waals surface area contributed by atoms with Crippen LogP contribution in [0.25, 0.3) is 0 Å². The van der Waals surface area contributed by atoms with Crippen LogP contribution >= 0.6 is 0 Å². The molecule has 1 aromatic carbocycles. The summed E-state index contributed by atoms with van der Waals surface area (Å²) < 4.78 is 37.4. The van der Waals surface area contributed by atoms with E-state index in [1.54, 1.807) is 0 Å². The summed E-state index contributed by atoms with van der Waals surface area (Å²) in [7, 11) is -2.41. The van der Waals surface area contributed by atoms with Gasteiger partial charge in [-0.05, 0) is 50.6 Å². The highest BCUT2D eigenvalue weighted by Gasteiger charge is 2.34. The molecule has 1 atom stereocenters. The molecule has 0 bridgehead atoms. The molecule has 1 N–H and O–H groups in total. The Bertz CT molecular complexity index is 942. The third kappa shape index (κ3) is 4.57. The second kappa shape index (κ2) is 8.11. The van der Waals surface area contributed by atoms with E-state index in [1.807, 2.05) is 19.9 Å². The molecule has 2 heterocycles. The number of carbonyl (C=O) groups is 1. The van der Waals surface area contributed by atoms with Crippen molar-refractivity contribution in [2.24, 2.45) is 0 Å². The van der Waals surface area contributed by atoms with E-state index in [0.717, 1.165) is 11.4 Å². The van der Waals surface area contributed by atoms with Gasteiger partial charge in [-0.2, -0.15) is 4.31 Å². The van der Waals surface area contributed by atoms with Crippen LogP contribution in [0.5, 0.6) is 6.01 Å². The van der Waals surface area contributed by atoms with Crippen molar-refractivity contribution >= 4 is 21.8 Å². The van der Waals surface area contributed by atoms with Crippen molar-refractivity contribution < 1.29 is 22.7 Å². The molecular formula is C18H22N4O5S. The number of rotatable bonds is 5. The van der Waals surface area contributed by atoms with Crippen LogP contribution in [-0.4, -0.2) is 55.1 Å². The Balaban J connectivity index is 1.67. The highest BCUT2D eigenvalue weighted by Crippen LogP contribution is 2.24. The second-order valence-electron chi connectivity index (χ2n) is 6.47. The van der Waals surface area contributed by atoms with Crippen molar-refractivity contribution in [3.63, 3.8) is 0 Å². The van der Waals surface area contributed by atoms with Crippen molar-refractivity contribution in [2.75, 3.05) is 25.5 Å². The van der Waals surface area contributed by atoms with Gasteiger partial charge in [0.05, 0.1) is 18.6 Å². The van der Waals surface area contributed by atoms with Crippen molar-refractivity contribution in [3.8, 4) is 6.01 Å². The van der Waals surface area contributed by atoms with Gasteiger partial charge in [-0.15, -0.1) is 0 Å². The van der Waals surface area contributed by atoms with Gasteiger partial charge in [0.15, 0.2) is 0 Å². The molecule has 1 aliphatic heterocycles. The first-order chi connectivity index (χ1) is 13.3. The van der Waals surface area contributed by atoms with Crippen LogP contribution in [0.3, 0.4) is 0 Å². The molecule has 0 spiro atoms. The SMILES string of the molecule is COC(=O)Nc1ccc(S(=O)(=O)N2CC[C@H](Oc3nc(C)cc(C)n3)C2)cc1. The van der Waals surface area contributed by atoms with Gasteiger partial charge in [-0.3, -0.25) is 5.32 Å². The maximum Gasteiger partial charge on any atom is 0.411 e. The van der Waals surface area contributed by atoms with Crippen molar-refractivity contribution in [1.82, 2.24) is 14.3 Å². The lowest BCUT2D eigenvalue weighted by molar-refractivity contribution is 0.187. The van der Waals surface area contributed by atoms with Crippen LogP contribution in [0, 0.1) is 13.8 Å². The molecule has 1 aliphatic rings. The Morgan fingerprint density at radius 1 is 1.18 bits per heavy atom. The molecule has 0 aliphatic carbocycles. The number of benzene rings is 1. The number of hydrogen-bond acceptors (Lipinski definition) is 7. The van der Waals surface area contributed by atoms with Gasteiger partial charge in [-0.1, -0.05) is 0 Å². The number of aryl methyl sites for hydroxylation is 2. The smallest absolute Gasteiger partial charge is 0.411 e. The third-order valence-electron chi connectivity index (χ3n) is 4.27. The minimum atomic E-state index is -3.66. The number of methoxy groups -OCH3 is 1. The predicted octanol–water partition coefficient (Wildman–Crippen LogP) is 2.11. The molecule has 1 fully saturated rings. The monoisotopic (exact) mass is 406 g/mol. The topological polar surface area (TPSA) is 111 Å². The molecular weight excluding hydrogens is 384 g/mol. The van der Waals surface area contributed by atoms with E-state index in [9.17, 15) is 13.2 Å². The van der Waals surface area contributed by atoms with Crippen molar-refractivity contribution in [2.45, 2.75) is 31.3 Å². The number of sulfonamides is 1. The summed E-state index contributed by atoms with van der Waals surface area (Å²) in [5, 5.41) is 2.48. The van der Waals surface area contributed by atoms with Gasteiger partial charge in [0.2, 0.25) is 10.0 Å². The van der Waals surface area contributed by atoms with E-state index < -0.39 is 16.1 Å². The molecule has 0 radical (unpaired) electrons. The van der Waals surface area contributed by atoms with Crippen LogP contribution in [0.1, 0.15) is 17.8 Å². The quantitative estimate of drug-likeness (QED) is 0.809. The summed E-state index contributed by atoms with van der Waals surface area (Å²) in [5.41, 5.74) is 2.04. The number of carbonyl (C=O) groups excluding carboxylic acids is 1. The number of anilines is 1. The fourth-order valence-corrected chi connectivity index (χ4v) is 4.42. The lowest BCUT2D eigenvalue weighted by Gasteiger charge is -2.17. The summed E-state index contributed by atoms with van der Waals surface area (Å²) in [5.74, 6) is 0. The third-order valence-corrected chi connectivity index (χ3v) is 6.14. The summed E-state index contributed by atoms with van der Waals surface area (Å²) in [6, 6.07) is 8.02.